The van der Waals surface area contributed by atoms with E-state index in [-0.39, 0.29) is 0 Å². The Hall–Kier alpha value is -2.36. The lowest BCUT2D eigenvalue weighted by Gasteiger charge is -2.16. The first-order chi connectivity index (χ1) is 10.3. The smallest absolute Gasteiger partial charge is 0.295 e. The number of rotatable bonds is 0. The van der Waals surface area contributed by atoms with Crippen LogP contribution in [0.25, 0.3) is 16.9 Å². The summed E-state index contributed by atoms with van der Waals surface area (Å²) in [6, 6.07) is 8.52. The quantitative estimate of drug-likeness (QED) is 0.639. The van der Waals surface area contributed by atoms with Crippen LogP contribution in [-0.4, -0.2) is 14.7 Å². The molecule has 0 spiro atoms. The summed E-state index contributed by atoms with van der Waals surface area (Å²) in [6.07, 6.45) is 5.89. The van der Waals surface area contributed by atoms with Gasteiger partial charge in [0.25, 0.3) is 5.88 Å². The Labute approximate surface area is 122 Å². The fourth-order valence-corrected chi connectivity index (χ4v) is 3.92. The molecule has 1 aliphatic heterocycles. The van der Waals surface area contributed by atoms with Crippen molar-refractivity contribution in [3.05, 3.63) is 47.4 Å². The molecule has 21 heavy (non-hydrogen) atoms. The van der Waals surface area contributed by atoms with Gasteiger partial charge in [-0.3, -0.25) is 4.57 Å². The van der Waals surface area contributed by atoms with Crippen LogP contribution in [0.15, 0.2) is 30.6 Å². The van der Waals surface area contributed by atoms with E-state index in [2.05, 4.69) is 33.8 Å². The average Bonchev–Trinajstić information content (AvgIpc) is 3.10. The van der Waals surface area contributed by atoms with Crippen LogP contribution in [0.1, 0.15) is 23.2 Å². The number of aromatic hydroxyl groups is 1. The highest BCUT2D eigenvalue weighted by molar-refractivity contribution is 5.73. The van der Waals surface area contributed by atoms with Crippen LogP contribution in [0.2, 0.25) is 0 Å². The van der Waals surface area contributed by atoms with Gasteiger partial charge >= 0.3 is 0 Å². The Morgan fingerprint density at radius 2 is 2.05 bits per heavy atom. The monoisotopic (exact) mass is 278 g/mol. The summed E-state index contributed by atoms with van der Waals surface area (Å²) in [6.45, 7) is 0.998. The summed E-state index contributed by atoms with van der Waals surface area (Å²) in [5.41, 5.74) is 7.18. The maximum Gasteiger partial charge on any atom is 0.295 e. The summed E-state index contributed by atoms with van der Waals surface area (Å²) in [4.78, 5) is 4.65. The molecule has 1 N–H and O–H groups in total. The van der Waals surface area contributed by atoms with Crippen LogP contribution in [0, 0.1) is 0 Å². The third-order valence-electron chi connectivity index (χ3n) is 4.87. The number of fused-ring (bicyclic) bond motifs is 7. The summed E-state index contributed by atoms with van der Waals surface area (Å²) in [5.74, 6) is 0.372. The number of aromatic nitrogens is 3. The van der Waals surface area contributed by atoms with Gasteiger partial charge in [-0.25, -0.2) is 0 Å². The fraction of sp³-hybridized carbons (Fsp3) is 0.294. The van der Waals surface area contributed by atoms with Gasteiger partial charge in [-0.15, -0.1) is 4.98 Å². The molecule has 0 fully saturated rings. The van der Waals surface area contributed by atoms with Crippen LogP contribution in [0.5, 0.6) is 5.88 Å². The van der Waals surface area contributed by atoms with Crippen LogP contribution in [0.4, 0.5) is 0 Å². The van der Waals surface area contributed by atoms with E-state index in [1.165, 1.54) is 16.7 Å². The van der Waals surface area contributed by atoms with Crippen molar-refractivity contribution in [3.63, 3.8) is 0 Å². The van der Waals surface area contributed by atoms with E-state index in [4.69, 9.17) is 0 Å². The van der Waals surface area contributed by atoms with Crippen LogP contribution >= 0.6 is 0 Å². The zero-order valence-electron chi connectivity index (χ0n) is 11.7. The van der Waals surface area contributed by atoms with Gasteiger partial charge < -0.3 is 5.11 Å². The van der Waals surface area contributed by atoms with Crippen molar-refractivity contribution in [2.24, 2.45) is 0 Å². The van der Waals surface area contributed by atoms with Gasteiger partial charge in [0, 0.05) is 12.0 Å². The van der Waals surface area contributed by atoms with E-state index < -0.39 is 0 Å². The van der Waals surface area contributed by atoms with Crippen molar-refractivity contribution in [2.75, 3.05) is 0 Å². The molecule has 1 aliphatic carbocycles. The Bertz CT molecular complexity index is 895. The summed E-state index contributed by atoms with van der Waals surface area (Å²) < 4.78 is 4.14. The van der Waals surface area contributed by atoms with E-state index in [0.717, 1.165) is 49.3 Å². The van der Waals surface area contributed by atoms with E-state index in [9.17, 15) is 5.11 Å². The number of aryl methyl sites for hydroxylation is 3. The average molecular weight is 278 g/mol. The lowest BCUT2D eigenvalue weighted by Crippen LogP contribution is -2.25. The normalized spacial score (nSPS) is 15.8. The highest BCUT2D eigenvalue weighted by Crippen LogP contribution is 2.35. The number of nitrogens with zero attached hydrogens (tertiary/aromatic N) is 3. The van der Waals surface area contributed by atoms with Gasteiger partial charge in [-0.05, 0) is 24.8 Å². The second-order valence-electron chi connectivity index (χ2n) is 5.95. The molecule has 1 aromatic carbocycles. The summed E-state index contributed by atoms with van der Waals surface area (Å²) in [7, 11) is 0. The topological polar surface area (TPSA) is 42.1 Å². The lowest BCUT2D eigenvalue weighted by molar-refractivity contribution is -0.525. The number of hydrogen-bond acceptors (Lipinski definition) is 2. The van der Waals surface area contributed by atoms with E-state index >= 15 is 0 Å². The number of imidazole rings is 1. The third kappa shape index (κ3) is 1.35. The molecule has 5 rings (SSSR count). The second kappa shape index (κ2) is 3.85. The van der Waals surface area contributed by atoms with Crippen molar-refractivity contribution in [3.8, 4) is 17.1 Å². The Morgan fingerprint density at radius 1 is 1.14 bits per heavy atom. The molecule has 104 valence electrons. The first kappa shape index (κ1) is 11.3. The minimum absolute atomic E-state index is 0.372. The molecule has 2 aromatic heterocycles. The number of hydrogen-bond donors (Lipinski definition) is 1. The maximum absolute atomic E-state index is 10.4. The first-order valence-electron chi connectivity index (χ1n) is 7.56. The minimum atomic E-state index is 0.372. The van der Waals surface area contributed by atoms with Gasteiger partial charge in [-0.1, -0.05) is 24.3 Å². The molecule has 0 saturated heterocycles. The molecule has 0 amide bonds. The Kier molecular flexibility index (Phi) is 2.07. The maximum atomic E-state index is 10.4. The second-order valence-corrected chi connectivity index (χ2v) is 5.95. The van der Waals surface area contributed by atoms with Crippen LogP contribution in [-0.2, 0) is 25.8 Å². The highest BCUT2D eigenvalue weighted by Gasteiger charge is 2.33. The van der Waals surface area contributed by atoms with Crippen molar-refractivity contribution in [1.82, 2.24) is 9.55 Å². The van der Waals surface area contributed by atoms with Crippen molar-refractivity contribution < 1.29 is 9.51 Å². The van der Waals surface area contributed by atoms with Gasteiger partial charge in [0.1, 0.15) is 0 Å². The van der Waals surface area contributed by atoms with Gasteiger partial charge in [0.15, 0.2) is 11.4 Å². The standard InChI is InChI=1S/C17H15N3O/c21-17-14-6-3-9-19(14)16-13-8-7-11-4-1-2-5-12(11)15(13)18-10-20(16)17/h1-2,4-5,10H,3,6-9H2/p+1. The Balaban J connectivity index is 1.90. The van der Waals surface area contributed by atoms with Crippen molar-refractivity contribution >= 4 is 5.65 Å². The van der Waals surface area contributed by atoms with Gasteiger partial charge in [0.2, 0.25) is 12.0 Å². The lowest BCUT2D eigenvalue weighted by atomic mass is 9.89. The molecule has 0 saturated carbocycles. The summed E-state index contributed by atoms with van der Waals surface area (Å²) in [5, 5.41) is 10.4. The molecule has 3 heterocycles. The van der Waals surface area contributed by atoms with E-state index in [1.54, 1.807) is 6.33 Å². The van der Waals surface area contributed by atoms with Gasteiger partial charge in [-0.2, -0.15) is 4.40 Å². The SMILES string of the molecule is Oc1c2n(c3c4c(nc[n+]13)-c1ccccc1CC4)CCC2. The van der Waals surface area contributed by atoms with Crippen molar-refractivity contribution in [2.45, 2.75) is 32.2 Å². The first-order valence-corrected chi connectivity index (χ1v) is 7.56. The zero-order chi connectivity index (χ0) is 14.0. The van der Waals surface area contributed by atoms with E-state index in [0.29, 0.717) is 5.88 Å². The summed E-state index contributed by atoms with van der Waals surface area (Å²) >= 11 is 0. The minimum Gasteiger partial charge on any atom is -0.481 e. The fourth-order valence-electron chi connectivity index (χ4n) is 3.92. The number of benzene rings is 1. The molecule has 4 nitrogen and oxygen atoms in total. The molecule has 2 aliphatic rings. The van der Waals surface area contributed by atoms with Gasteiger partial charge in [0.05, 0.1) is 12.1 Å². The zero-order valence-corrected chi connectivity index (χ0v) is 11.7. The predicted molar refractivity (Wildman–Crippen MR) is 78.2 cm³/mol. The molecular formula is C17H16N3O+. The predicted octanol–water partition coefficient (Wildman–Crippen LogP) is 2.04. The molecular weight excluding hydrogens is 262 g/mol. The molecule has 4 heteroatoms. The molecule has 0 radical (unpaired) electrons. The molecule has 3 aromatic rings. The van der Waals surface area contributed by atoms with Crippen molar-refractivity contribution in [1.29, 1.82) is 0 Å². The van der Waals surface area contributed by atoms with Crippen LogP contribution in [0.3, 0.4) is 0 Å². The largest absolute Gasteiger partial charge is 0.481 e. The molecule has 0 atom stereocenters. The third-order valence-corrected chi connectivity index (χ3v) is 4.87. The molecule has 0 bridgehead atoms. The van der Waals surface area contributed by atoms with E-state index in [1.807, 2.05) is 4.40 Å². The highest BCUT2D eigenvalue weighted by atomic mass is 16.3. The molecule has 0 unspecified atom stereocenters. The van der Waals surface area contributed by atoms with Crippen LogP contribution < -0.4 is 4.40 Å². The Morgan fingerprint density at radius 3 is 3.00 bits per heavy atom.